The lowest BCUT2D eigenvalue weighted by Crippen LogP contribution is -2.42. The molecule has 1 heterocycles. The molecule has 1 fully saturated rings. The molecule has 0 saturated carbocycles. The second-order valence-corrected chi connectivity index (χ2v) is 7.22. The maximum absolute atomic E-state index is 12.5. The number of hydrogen-bond donors (Lipinski definition) is 2. The van der Waals surface area contributed by atoms with Gasteiger partial charge in [0.2, 0.25) is 10.0 Å². The van der Waals surface area contributed by atoms with Crippen molar-refractivity contribution in [2.45, 2.75) is 36.6 Å². The first-order valence-corrected chi connectivity index (χ1v) is 8.40. The van der Waals surface area contributed by atoms with Crippen LogP contribution in [-0.4, -0.2) is 42.9 Å². The summed E-state index contributed by atoms with van der Waals surface area (Å²) in [5.74, 6) is -0.864. The third-order valence-electron chi connectivity index (χ3n) is 3.69. The molecule has 2 rings (SSSR count). The molecule has 6 nitrogen and oxygen atoms in total. The first-order chi connectivity index (χ1) is 9.89. The minimum atomic E-state index is -3.47. The van der Waals surface area contributed by atoms with Crippen LogP contribution in [0.5, 0.6) is 0 Å². The fourth-order valence-corrected chi connectivity index (χ4v) is 3.81. The van der Waals surface area contributed by atoms with E-state index in [1.807, 2.05) is 0 Å². The van der Waals surface area contributed by atoms with Crippen LogP contribution in [0.4, 0.5) is 0 Å². The number of benzene rings is 1. The van der Waals surface area contributed by atoms with Crippen LogP contribution in [0, 0.1) is 0 Å². The Morgan fingerprint density at radius 2 is 1.81 bits per heavy atom. The van der Waals surface area contributed by atoms with E-state index in [1.165, 1.54) is 4.31 Å². The highest BCUT2D eigenvalue weighted by Gasteiger charge is 2.27. The fraction of sp³-hybridized carbons (Fsp3) is 0.500. The van der Waals surface area contributed by atoms with Crippen LogP contribution in [0.25, 0.3) is 0 Å². The number of carbonyl (C=O) groups is 1. The number of rotatable bonds is 5. The van der Waals surface area contributed by atoms with Crippen LogP contribution in [0.15, 0.2) is 29.2 Å². The van der Waals surface area contributed by atoms with Crippen LogP contribution >= 0.6 is 0 Å². The van der Waals surface area contributed by atoms with E-state index in [9.17, 15) is 13.2 Å². The normalized spacial score (nSPS) is 17.8. The molecule has 1 aliphatic rings. The SMILES string of the molecule is NC1CCN(S(=O)(=O)c2ccc(CCC(=O)O)cc2)CC1. The number of aryl methyl sites for hydroxylation is 1. The smallest absolute Gasteiger partial charge is 0.303 e. The molecular weight excluding hydrogens is 292 g/mol. The molecular formula is C14H20N2O4S. The summed E-state index contributed by atoms with van der Waals surface area (Å²) >= 11 is 0. The van der Waals surface area contributed by atoms with Crippen molar-refractivity contribution in [3.8, 4) is 0 Å². The third-order valence-corrected chi connectivity index (χ3v) is 5.60. The van der Waals surface area contributed by atoms with Gasteiger partial charge in [-0.05, 0) is 37.0 Å². The summed E-state index contributed by atoms with van der Waals surface area (Å²) in [6.07, 6.45) is 1.79. The third kappa shape index (κ3) is 4.03. The van der Waals surface area contributed by atoms with Gasteiger partial charge in [-0.3, -0.25) is 4.79 Å². The molecule has 0 unspecified atom stereocenters. The van der Waals surface area contributed by atoms with E-state index in [4.69, 9.17) is 10.8 Å². The van der Waals surface area contributed by atoms with E-state index in [-0.39, 0.29) is 17.4 Å². The Balaban J connectivity index is 2.08. The number of aliphatic carboxylic acids is 1. The number of piperidine rings is 1. The van der Waals surface area contributed by atoms with E-state index < -0.39 is 16.0 Å². The van der Waals surface area contributed by atoms with Crippen molar-refractivity contribution in [1.29, 1.82) is 0 Å². The van der Waals surface area contributed by atoms with Gasteiger partial charge >= 0.3 is 5.97 Å². The molecule has 0 bridgehead atoms. The van der Waals surface area contributed by atoms with Gasteiger partial charge in [0.1, 0.15) is 0 Å². The predicted octanol–water partition coefficient (Wildman–Crippen LogP) is 0.816. The number of carboxylic acid groups (broad SMARTS) is 1. The number of hydrogen-bond acceptors (Lipinski definition) is 4. The van der Waals surface area contributed by atoms with Gasteiger partial charge in [-0.2, -0.15) is 4.31 Å². The highest BCUT2D eigenvalue weighted by atomic mass is 32.2. The predicted molar refractivity (Wildman–Crippen MR) is 78.4 cm³/mol. The summed E-state index contributed by atoms with van der Waals surface area (Å²) in [6.45, 7) is 0.897. The lowest BCUT2D eigenvalue weighted by Gasteiger charge is -2.29. The number of carboxylic acids is 1. The lowest BCUT2D eigenvalue weighted by molar-refractivity contribution is -0.136. The molecule has 1 saturated heterocycles. The van der Waals surface area contributed by atoms with Crippen LogP contribution in [0.3, 0.4) is 0 Å². The number of sulfonamides is 1. The minimum Gasteiger partial charge on any atom is -0.481 e. The van der Waals surface area contributed by atoms with Gasteiger partial charge in [-0.25, -0.2) is 8.42 Å². The summed E-state index contributed by atoms with van der Waals surface area (Å²) < 4.78 is 26.4. The van der Waals surface area contributed by atoms with Gasteiger partial charge in [0.15, 0.2) is 0 Å². The van der Waals surface area contributed by atoms with Crippen molar-refractivity contribution in [3.05, 3.63) is 29.8 Å². The maximum Gasteiger partial charge on any atom is 0.303 e. The first-order valence-electron chi connectivity index (χ1n) is 6.96. The van der Waals surface area contributed by atoms with Gasteiger partial charge in [-0.15, -0.1) is 0 Å². The fourth-order valence-electron chi connectivity index (χ4n) is 2.34. The number of nitrogens with zero attached hydrogens (tertiary/aromatic N) is 1. The minimum absolute atomic E-state index is 0.0378. The van der Waals surface area contributed by atoms with Crippen LogP contribution in [0.1, 0.15) is 24.8 Å². The Hall–Kier alpha value is -1.44. The zero-order valence-electron chi connectivity index (χ0n) is 11.7. The molecule has 0 atom stereocenters. The van der Waals surface area contributed by atoms with Crippen LogP contribution in [0.2, 0.25) is 0 Å². The second kappa shape index (κ2) is 6.55. The van der Waals surface area contributed by atoms with Gasteiger partial charge in [-0.1, -0.05) is 12.1 Å². The molecule has 3 N–H and O–H groups in total. The second-order valence-electron chi connectivity index (χ2n) is 5.28. The summed E-state index contributed by atoms with van der Waals surface area (Å²) in [6, 6.07) is 6.51. The first kappa shape index (κ1) is 15.9. The van der Waals surface area contributed by atoms with Gasteiger partial charge < -0.3 is 10.8 Å². The molecule has 1 aromatic carbocycles. The summed E-state index contributed by atoms with van der Waals surface area (Å²) in [5, 5.41) is 8.64. The topological polar surface area (TPSA) is 101 Å². The Labute approximate surface area is 124 Å². The van der Waals surface area contributed by atoms with Crippen LogP contribution < -0.4 is 5.73 Å². The molecule has 0 aliphatic carbocycles. The van der Waals surface area contributed by atoms with E-state index in [0.29, 0.717) is 32.4 Å². The quantitative estimate of drug-likeness (QED) is 0.838. The van der Waals surface area contributed by atoms with Crippen molar-refractivity contribution >= 4 is 16.0 Å². The van der Waals surface area contributed by atoms with E-state index >= 15 is 0 Å². The molecule has 0 aromatic heterocycles. The molecule has 0 spiro atoms. The molecule has 116 valence electrons. The largest absolute Gasteiger partial charge is 0.481 e. The molecule has 0 radical (unpaired) electrons. The zero-order chi connectivity index (χ0) is 15.5. The lowest BCUT2D eigenvalue weighted by atomic mass is 10.1. The molecule has 7 heteroatoms. The highest BCUT2D eigenvalue weighted by molar-refractivity contribution is 7.89. The Morgan fingerprint density at radius 1 is 1.24 bits per heavy atom. The van der Waals surface area contributed by atoms with Crippen LogP contribution in [-0.2, 0) is 21.2 Å². The van der Waals surface area contributed by atoms with Gasteiger partial charge in [0.05, 0.1) is 4.90 Å². The standard InChI is InChI=1S/C14H20N2O4S/c15-12-7-9-16(10-8-12)21(19,20)13-4-1-11(2-5-13)3-6-14(17)18/h1-2,4-5,12H,3,6-10,15H2,(H,17,18). The van der Waals surface area contributed by atoms with Crippen molar-refractivity contribution in [2.75, 3.05) is 13.1 Å². The van der Waals surface area contributed by atoms with Crippen molar-refractivity contribution in [2.24, 2.45) is 5.73 Å². The van der Waals surface area contributed by atoms with Gasteiger partial charge in [0.25, 0.3) is 0 Å². The number of nitrogens with two attached hydrogens (primary N) is 1. The Kier molecular flexibility index (Phi) is 4.97. The summed E-state index contributed by atoms with van der Waals surface area (Å²) in [5.41, 5.74) is 6.60. The van der Waals surface area contributed by atoms with E-state index in [0.717, 1.165) is 5.56 Å². The summed E-state index contributed by atoms with van der Waals surface area (Å²) in [4.78, 5) is 10.8. The highest BCUT2D eigenvalue weighted by Crippen LogP contribution is 2.20. The Bertz CT molecular complexity index is 590. The molecule has 21 heavy (non-hydrogen) atoms. The molecule has 0 amide bonds. The summed E-state index contributed by atoms with van der Waals surface area (Å²) in [7, 11) is -3.47. The molecule has 1 aromatic rings. The van der Waals surface area contributed by atoms with E-state index in [2.05, 4.69) is 0 Å². The monoisotopic (exact) mass is 312 g/mol. The molecule has 1 aliphatic heterocycles. The van der Waals surface area contributed by atoms with Crippen molar-refractivity contribution < 1.29 is 18.3 Å². The zero-order valence-corrected chi connectivity index (χ0v) is 12.6. The average Bonchev–Trinajstić information content (AvgIpc) is 2.46. The van der Waals surface area contributed by atoms with E-state index in [1.54, 1.807) is 24.3 Å². The van der Waals surface area contributed by atoms with Gasteiger partial charge in [0, 0.05) is 25.6 Å². The van der Waals surface area contributed by atoms with Crippen molar-refractivity contribution in [1.82, 2.24) is 4.31 Å². The average molecular weight is 312 g/mol. The maximum atomic E-state index is 12.5. The Morgan fingerprint density at radius 3 is 2.33 bits per heavy atom. The van der Waals surface area contributed by atoms with Crippen molar-refractivity contribution in [3.63, 3.8) is 0 Å².